The van der Waals surface area contributed by atoms with Gasteiger partial charge in [0.05, 0.1) is 4.92 Å². The van der Waals surface area contributed by atoms with Crippen molar-refractivity contribution in [1.82, 2.24) is 0 Å². The average Bonchev–Trinajstić information content (AvgIpc) is 2.49. The molecule has 0 fully saturated rings. The van der Waals surface area contributed by atoms with E-state index in [0.717, 1.165) is 0 Å². The van der Waals surface area contributed by atoms with Crippen LogP contribution < -0.4 is 9.67 Å². The van der Waals surface area contributed by atoms with Crippen molar-refractivity contribution in [3.05, 3.63) is 52.6 Å². The van der Waals surface area contributed by atoms with Crippen molar-refractivity contribution in [1.29, 1.82) is 0 Å². The van der Waals surface area contributed by atoms with E-state index in [2.05, 4.69) is 5.32 Å². The molecule has 2 rings (SSSR count). The van der Waals surface area contributed by atoms with Crippen LogP contribution in [0.3, 0.4) is 0 Å². The van der Waals surface area contributed by atoms with Crippen LogP contribution in [0.15, 0.2) is 42.5 Å². The standard InChI is InChI=1S/C8H10AsNO5.C6H5NO3/c1-5(11)10-8-6(9(13,14)15)3-2-4-7(8)12;8-6-3-1-5(2-4-6)7(9)10/h2-4,12H,1H3,(H,10,11)(H2,13,14,15);1-4,8H. The number of nitrogens with one attached hydrogen (secondary N) is 1. The number of hydrogen-bond donors (Lipinski definition) is 5. The van der Waals surface area contributed by atoms with Crippen LogP contribution in [0.25, 0.3) is 0 Å². The number of hydrogen-bond acceptors (Lipinski definition) is 6. The van der Waals surface area contributed by atoms with E-state index in [1.165, 1.54) is 49.4 Å². The normalized spacial score (nSPS) is 10.4. The van der Waals surface area contributed by atoms with Gasteiger partial charge in [-0.1, -0.05) is 0 Å². The number of phenols is 2. The first kappa shape index (κ1) is 20.2. The van der Waals surface area contributed by atoms with E-state index in [0.29, 0.717) is 0 Å². The second-order valence-corrected chi connectivity index (χ2v) is 7.96. The molecule has 0 aliphatic heterocycles. The number of amides is 1. The molecule has 0 radical (unpaired) electrons. The number of nitro groups is 1. The predicted octanol–water partition coefficient (Wildman–Crippen LogP) is 0.212. The molecular formula is C14H15AsN2O8. The summed E-state index contributed by atoms with van der Waals surface area (Å²) in [5.41, 5.74) is -0.240. The maximum absolute atomic E-state index is 11.1. The Morgan fingerprint density at radius 1 is 1.12 bits per heavy atom. The zero-order chi connectivity index (χ0) is 19.2. The SMILES string of the molecule is CC(=O)Nc1c(O)cccc1[As](=O)(O)O.O=[N+]([O-])c1ccc(O)cc1. The molecule has 1 amide bonds. The number of carbonyl (C=O) groups excluding carboxylic acids is 1. The van der Waals surface area contributed by atoms with Crippen LogP contribution >= 0.6 is 0 Å². The van der Waals surface area contributed by atoms with Crippen molar-refractivity contribution in [2.45, 2.75) is 6.92 Å². The third-order valence-electron chi connectivity index (χ3n) is 2.70. The Morgan fingerprint density at radius 3 is 2.12 bits per heavy atom. The first-order valence-corrected chi connectivity index (χ1v) is 9.99. The number of para-hydroxylation sites is 1. The minimum Gasteiger partial charge on any atom is -0.508 e. The Morgan fingerprint density at radius 2 is 1.68 bits per heavy atom. The number of benzene rings is 2. The minimum atomic E-state index is -5.14. The molecule has 0 spiro atoms. The van der Waals surface area contributed by atoms with E-state index in [1.54, 1.807) is 0 Å². The number of phenolic OH excluding ortho intramolecular Hbond substituents is 2. The monoisotopic (exact) mass is 414 g/mol. The summed E-state index contributed by atoms with van der Waals surface area (Å²) < 4.78 is 28.8. The molecule has 10 nitrogen and oxygen atoms in total. The molecule has 0 unspecified atom stereocenters. The van der Waals surface area contributed by atoms with Crippen molar-refractivity contribution < 1.29 is 31.9 Å². The van der Waals surface area contributed by atoms with Crippen molar-refractivity contribution in [3.63, 3.8) is 0 Å². The van der Waals surface area contributed by atoms with Gasteiger partial charge in [0.15, 0.2) is 0 Å². The summed E-state index contributed by atoms with van der Waals surface area (Å²) in [5.74, 6) is -0.847. The average molecular weight is 414 g/mol. The van der Waals surface area contributed by atoms with Crippen molar-refractivity contribution in [2.24, 2.45) is 0 Å². The summed E-state index contributed by atoms with van der Waals surface area (Å²) in [7, 11) is 0. The summed E-state index contributed by atoms with van der Waals surface area (Å²) >= 11 is -5.14. The van der Waals surface area contributed by atoms with Crippen LogP contribution in [0, 0.1) is 10.1 Å². The molecule has 0 aliphatic carbocycles. The van der Waals surface area contributed by atoms with E-state index in [-0.39, 0.29) is 27.2 Å². The molecule has 11 heteroatoms. The largest absolute Gasteiger partial charge is 0.508 e. The fourth-order valence-electron chi connectivity index (χ4n) is 1.65. The Bertz CT molecular complexity index is 816. The second kappa shape index (κ2) is 8.33. The Labute approximate surface area is 144 Å². The van der Waals surface area contributed by atoms with E-state index in [1.807, 2.05) is 0 Å². The molecule has 0 saturated carbocycles. The molecule has 2 aromatic rings. The number of carbonyl (C=O) groups is 1. The third-order valence-corrected chi connectivity index (χ3v) is 4.79. The van der Waals surface area contributed by atoms with Crippen LogP contribution in [0.1, 0.15) is 6.92 Å². The summed E-state index contributed by atoms with van der Waals surface area (Å²) in [5, 5.41) is 30.3. The van der Waals surface area contributed by atoms with E-state index < -0.39 is 25.0 Å². The van der Waals surface area contributed by atoms with Gasteiger partial charge in [-0.2, -0.15) is 0 Å². The third kappa shape index (κ3) is 6.30. The topological polar surface area (TPSA) is 170 Å². The molecule has 0 saturated heterocycles. The minimum absolute atomic E-state index is 0.0159. The molecule has 2 aromatic carbocycles. The molecule has 0 atom stereocenters. The number of non-ortho nitro benzene ring substituents is 1. The molecule has 0 heterocycles. The van der Waals surface area contributed by atoms with Crippen molar-refractivity contribution >= 4 is 35.8 Å². The predicted molar refractivity (Wildman–Crippen MR) is 87.7 cm³/mol. The van der Waals surface area contributed by atoms with E-state index in [4.69, 9.17) is 13.3 Å². The van der Waals surface area contributed by atoms with Crippen LogP contribution in [-0.4, -0.2) is 43.4 Å². The summed E-state index contributed by atoms with van der Waals surface area (Å²) in [6.45, 7) is 1.18. The molecule has 25 heavy (non-hydrogen) atoms. The summed E-state index contributed by atoms with van der Waals surface area (Å²) in [6, 6.07) is 8.75. The van der Waals surface area contributed by atoms with Gasteiger partial charge in [0.2, 0.25) is 0 Å². The van der Waals surface area contributed by atoms with Crippen LogP contribution in [0.2, 0.25) is 0 Å². The van der Waals surface area contributed by atoms with Crippen LogP contribution in [-0.2, 0) is 8.53 Å². The Kier molecular flexibility index (Phi) is 6.75. The number of aromatic hydroxyl groups is 2. The zero-order valence-corrected chi connectivity index (χ0v) is 14.7. The summed E-state index contributed by atoms with van der Waals surface area (Å²) in [6.07, 6.45) is 0. The maximum atomic E-state index is 11.1. The van der Waals surface area contributed by atoms with Crippen LogP contribution in [0.5, 0.6) is 11.5 Å². The molecular weight excluding hydrogens is 399 g/mol. The smallest absolute Gasteiger partial charge is 0.269 e. The Hall–Kier alpha value is -2.81. The fourth-order valence-corrected chi connectivity index (χ4v) is 3.21. The van der Waals surface area contributed by atoms with Crippen molar-refractivity contribution in [3.8, 4) is 11.5 Å². The van der Waals surface area contributed by atoms with E-state index in [9.17, 15) is 23.8 Å². The maximum Gasteiger partial charge on any atom is 0.269 e. The first-order valence-electron chi connectivity index (χ1n) is 6.61. The van der Waals surface area contributed by atoms with Gasteiger partial charge in [0.1, 0.15) is 5.75 Å². The van der Waals surface area contributed by atoms with Gasteiger partial charge in [0, 0.05) is 12.1 Å². The Balaban J connectivity index is 0.000000271. The molecule has 0 bridgehead atoms. The van der Waals surface area contributed by atoms with Gasteiger partial charge < -0.3 is 5.11 Å². The molecule has 5 N–H and O–H groups in total. The second-order valence-electron chi connectivity index (χ2n) is 4.67. The molecule has 134 valence electrons. The zero-order valence-electron chi connectivity index (χ0n) is 12.9. The fraction of sp³-hybridized carbons (Fsp3) is 0.0714. The van der Waals surface area contributed by atoms with Crippen LogP contribution in [0.4, 0.5) is 11.4 Å². The van der Waals surface area contributed by atoms with Gasteiger partial charge in [-0.05, 0) is 12.1 Å². The van der Waals surface area contributed by atoms with Gasteiger partial charge >= 0.3 is 88.1 Å². The summed E-state index contributed by atoms with van der Waals surface area (Å²) in [4.78, 5) is 20.3. The van der Waals surface area contributed by atoms with Gasteiger partial charge in [0.25, 0.3) is 5.69 Å². The van der Waals surface area contributed by atoms with Crippen molar-refractivity contribution in [2.75, 3.05) is 5.32 Å². The number of nitro benzene ring substituents is 1. The van der Waals surface area contributed by atoms with E-state index >= 15 is 0 Å². The molecule has 0 aliphatic rings. The number of anilines is 1. The van der Waals surface area contributed by atoms with Gasteiger partial charge in [-0.25, -0.2) is 0 Å². The number of rotatable bonds is 3. The molecule has 0 aromatic heterocycles. The quantitative estimate of drug-likeness (QED) is 0.205. The van der Waals surface area contributed by atoms with Gasteiger partial charge in [-0.3, -0.25) is 10.1 Å². The first-order chi connectivity index (χ1) is 11.5. The number of nitrogens with zero attached hydrogens (tertiary/aromatic N) is 1. The van der Waals surface area contributed by atoms with Gasteiger partial charge in [-0.15, -0.1) is 0 Å².